The van der Waals surface area contributed by atoms with Gasteiger partial charge in [-0.05, 0) is 75.6 Å². The first-order chi connectivity index (χ1) is 30.1. The van der Waals surface area contributed by atoms with Crippen molar-refractivity contribution in [1.29, 1.82) is 0 Å². The third-order valence-electron chi connectivity index (χ3n) is 10.9. The lowest BCUT2D eigenvalue weighted by molar-refractivity contribution is -0.0210. The Labute approximate surface area is 383 Å². The summed E-state index contributed by atoms with van der Waals surface area (Å²) in [5.74, 6) is 0. The number of aliphatic hydroxyl groups is 5. The molecule has 4 fully saturated rings. The van der Waals surface area contributed by atoms with Gasteiger partial charge in [-0.15, -0.1) is 0 Å². The zero-order valence-corrected chi connectivity index (χ0v) is 37.5. The number of carbonyl (C=O) groups excluding carboxylic acids is 2. The van der Waals surface area contributed by atoms with Crippen molar-refractivity contribution in [3.8, 4) is 0 Å². The second kappa shape index (κ2) is 36.7. The van der Waals surface area contributed by atoms with E-state index < -0.39 is 12.2 Å². The molecule has 4 aliphatic rings. The number of hydrogen-bond acceptors (Lipinski definition) is 15. The zero-order chi connectivity index (χ0) is 45.5. The normalized spacial score (nSPS) is 25.7. The standard InChI is InChI=1S/2C15H21NO4.2C7H15NO2.CH4O.2CH4/c1-19-14-8-5-9-16(10-13(14)17)15(18)20-11-12-6-3-2-4-7-12;1-19-14-10-16(9-5-8-13(14)17)15(18)20-11-12-6-3-2-4-7-12;1-10-7-3-2-4-8-5-6(7)9;1-10-7-5-8-4-2-3-6(7)9;1-2;;/h2*2-4,6-7,13-14,17H,5,8-11H2,1H3;2*6-9H,2-5H2,1H3;2H,1H3;2*1H4. The van der Waals surface area contributed by atoms with Crippen molar-refractivity contribution in [2.45, 2.75) is 128 Å². The second-order valence-corrected chi connectivity index (χ2v) is 15.3. The molecule has 0 aromatic heterocycles. The molecule has 370 valence electrons. The molecule has 8 atom stereocenters. The Bertz CT molecular complexity index is 1400. The van der Waals surface area contributed by atoms with Gasteiger partial charge in [0.05, 0.1) is 55.8 Å². The van der Waals surface area contributed by atoms with E-state index >= 15 is 0 Å². The lowest BCUT2D eigenvalue weighted by Crippen LogP contribution is -2.40. The number of benzene rings is 2. The van der Waals surface area contributed by atoms with Crippen molar-refractivity contribution in [2.24, 2.45) is 0 Å². The van der Waals surface area contributed by atoms with E-state index in [9.17, 15) is 30.0 Å². The minimum absolute atomic E-state index is 0. The van der Waals surface area contributed by atoms with Gasteiger partial charge in [0, 0.05) is 61.7 Å². The van der Waals surface area contributed by atoms with Crippen LogP contribution in [0.2, 0.25) is 0 Å². The van der Waals surface area contributed by atoms with Gasteiger partial charge in [0.15, 0.2) is 0 Å². The maximum Gasteiger partial charge on any atom is 0.410 e. The Morgan fingerprint density at radius 3 is 1.45 bits per heavy atom. The van der Waals surface area contributed by atoms with Gasteiger partial charge in [0.25, 0.3) is 0 Å². The molecule has 6 rings (SSSR count). The van der Waals surface area contributed by atoms with Crippen LogP contribution in [0, 0.1) is 0 Å². The summed E-state index contributed by atoms with van der Waals surface area (Å²) in [5.41, 5.74) is 1.91. The molecule has 8 unspecified atom stereocenters. The number of hydrogen-bond donors (Lipinski definition) is 7. The van der Waals surface area contributed by atoms with E-state index in [0.717, 1.165) is 82.8 Å². The van der Waals surface area contributed by atoms with Gasteiger partial charge >= 0.3 is 12.2 Å². The van der Waals surface area contributed by atoms with Crippen LogP contribution in [0.1, 0.15) is 77.3 Å². The van der Waals surface area contributed by atoms with Crippen LogP contribution >= 0.6 is 0 Å². The topological polar surface area (TPSA) is 221 Å². The summed E-state index contributed by atoms with van der Waals surface area (Å²) in [7, 11) is 7.42. The maximum atomic E-state index is 12.1. The smallest absolute Gasteiger partial charge is 0.410 e. The number of methoxy groups -OCH3 is 4. The number of amides is 2. The van der Waals surface area contributed by atoms with Crippen molar-refractivity contribution in [2.75, 3.05) is 87.9 Å². The predicted molar refractivity (Wildman–Crippen MR) is 248 cm³/mol. The van der Waals surface area contributed by atoms with Gasteiger partial charge in [-0.25, -0.2) is 9.59 Å². The highest BCUT2D eigenvalue weighted by molar-refractivity contribution is 5.68. The van der Waals surface area contributed by atoms with Crippen molar-refractivity contribution in [1.82, 2.24) is 20.4 Å². The van der Waals surface area contributed by atoms with Crippen LogP contribution < -0.4 is 10.6 Å². The molecule has 2 amide bonds. The lowest BCUT2D eigenvalue weighted by atomic mass is 10.1. The summed E-state index contributed by atoms with van der Waals surface area (Å²) in [5, 5.41) is 51.9. The highest BCUT2D eigenvalue weighted by atomic mass is 16.6. The average Bonchev–Trinajstić information content (AvgIpc) is 3.82. The van der Waals surface area contributed by atoms with Crippen LogP contribution in [0.15, 0.2) is 60.7 Å². The number of carbonyl (C=O) groups is 2. The fraction of sp³-hybridized carbons (Fsp3) is 0.702. The fourth-order valence-electron chi connectivity index (χ4n) is 7.20. The van der Waals surface area contributed by atoms with Crippen LogP contribution in [0.25, 0.3) is 0 Å². The third kappa shape index (κ3) is 23.6. The molecule has 0 aliphatic carbocycles. The molecule has 2 aromatic carbocycles. The van der Waals surface area contributed by atoms with Crippen LogP contribution in [0.4, 0.5) is 9.59 Å². The van der Waals surface area contributed by atoms with Gasteiger partial charge in [-0.1, -0.05) is 75.5 Å². The van der Waals surface area contributed by atoms with E-state index in [0.29, 0.717) is 32.6 Å². The summed E-state index contributed by atoms with van der Waals surface area (Å²) in [6.07, 6.45) is 3.84. The number of nitrogens with one attached hydrogen (secondary N) is 2. The van der Waals surface area contributed by atoms with Crippen molar-refractivity contribution in [3.63, 3.8) is 0 Å². The molecule has 4 saturated heterocycles. The van der Waals surface area contributed by atoms with Crippen molar-refractivity contribution < 1.29 is 63.5 Å². The van der Waals surface area contributed by atoms with Crippen LogP contribution in [0.5, 0.6) is 0 Å². The van der Waals surface area contributed by atoms with Gasteiger partial charge in [-0.2, -0.15) is 0 Å². The fourth-order valence-corrected chi connectivity index (χ4v) is 7.20. The minimum Gasteiger partial charge on any atom is -0.445 e. The molecule has 2 aromatic rings. The van der Waals surface area contributed by atoms with Crippen LogP contribution in [0.3, 0.4) is 0 Å². The van der Waals surface area contributed by atoms with E-state index in [1.54, 1.807) is 38.2 Å². The molecule has 4 aliphatic heterocycles. The molecule has 7 N–H and O–H groups in total. The molecule has 17 nitrogen and oxygen atoms in total. The summed E-state index contributed by atoms with van der Waals surface area (Å²) in [4.78, 5) is 27.2. The predicted octanol–water partition coefficient (Wildman–Crippen LogP) is 3.96. The molecule has 64 heavy (non-hydrogen) atoms. The van der Waals surface area contributed by atoms with Gasteiger partial charge in [0.1, 0.15) is 19.3 Å². The molecular formula is C47H84N4O13. The summed E-state index contributed by atoms with van der Waals surface area (Å²) in [6.45, 7) is 5.74. The first kappa shape index (κ1) is 60.5. The quantitative estimate of drug-likeness (QED) is 0.199. The second-order valence-electron chi connectivity index (χ2n) is 15.3. The van der Waals surface area contributed by atoms with Crippen LogP contribution in [-0.2, 0) is 41.6 Å². The average molecular weight is 913 g/mol. The zero-order valence-electron chi connectivity index (χ0n) is 37.5. The SMILES string of the molecule is C.C.CO.COC1CCCN(C(=O)OCc2ccccc2)CC1O.COC1CCCNCC1O.COC1CN(C(=O)OCc2ccccc2)CCCC1O.COC1CNCCCC1O. The van der Waals surface area contributed by atoms with E-state index in [1.165, 1.54) is 0 Å². The largest absolute Gasteiger partial charge is 0.445 e. The molecule has 0 spiro atoms. The molecule has 0 bridgehead atoms. The molecule has 0 saturated carbocycles. The molecule has 17 heteroatoms. The molecular weight excluding hydrogens is 829 g/mol. The summed E-state index contributed by atoms with van der Waals surface area (Å²) in [6, 6.07) is 19.1. The monoisotopic (exact) mass is 913 g/mol. The Kier molecular flexibility index (Phi) is 34.7. The maximum absolute atomic E-state index is 12.1. The van der Waals surface area contributed by atoms with Crippen molar-refractivity contribution >= 4 is 12.2 Å². The molecule has 4 heterocycles. The highest BCUT2D eigenvalue weighted by Gasteiger charge is 2.30. The molecule has 0 radical (unpaired) electrons. The van der Waals surface area contributed by atoms with Gasteiger partial charge in [0.2, 0.25) is 0 Å². The summed E-state index contributed by atoms with van der Waals surface area (Å²) < 4.78 is 31.2. The van der Waals surface area contributed by atoms with E-state index in [2.05, 4.69) is 10.6 Å². The third-order valence-corrected chi connectivity index (χ3v) is 10.9. The Morgan fingerprint density at radius 1 is 0.531 bits per heavy atom. The minimum atomic E-state index is -0.660. The van der Waals surface area contributed by atoms with Gasteiger partial charge in [-0.3, -0.25) is 0 Å². The Hall–Kier alpha value is -3.46. The Morgan fingerprint density at radius 2 is 0.938 bits per heavy atom. The Balaban J connectivity index is 0.000000845. The van der Waals surface area contributed by atoms with E-state index in [-0.39, 0.29) is 83.4 Å². The summed E-state index contributed by atoms with van der Waals surface area (Å²) >= 11 is 0. The number of nitrogens with zero attached hydrogens (tertiary/aromatic N) is 2. The number of aliphatic hydroxyl groups excluding tert-OH is 5. The van der Waals surface area contributed by atoms with E-state index in [1.807, 2.05) is 60.7 Å². The number of likely N-dealkylation sites (tertiary alicyclic amines) is 2. The first-order valence-corrected chi connectivity index (χ1v) is 21.7. The van der Waals surface area contributed by atoms with E-state index in [4.69, 9.17) is 33.5 Å². The van der Waals surface area contributed by atoms with Crippen molar-refractivity contribution in [3.05, 3.63) is 71.8 Å². The van der Waals surface area contributed by atoms with Gasteiger partial charge < -0.3 is 74.4 Å². The lowest BCUT2D eigenvalue weighted by Gasteiger charge is -2.24. The first-order valence-electron chi connectivity index (χ1n) is 21.7. The number of rotatable bonds is 8. The number of ether oxygens (including phenoxy) is 6. The van der Waals surface area contributed by atoms with Crippen LogP contribution in [-0.4, -0.2) is 184 Å². The highest BCUT2D eigenvalue weighted by Crippen LogP contribution is 2.17. The number of β-amino-alcohol motifs (C(OH)–C–C–N with tert-alkyl or cyclic N) is 2.